The molecule has 2 atom stereocenters. The Kier molecular flexibility index (Phi) is 3.33. The first-order valence-corrected chi connectivity index (χ1v) is 4.36. The lowest BCUT2D eigenvalue weighted by molar-refractivity contribution is 0.164. The van der Waals surface area contributed by atoms with E-state index in [9.17, 15) is 10.2 Å². The van der Waals surface area contributed by atoms with Gasteiger partial charge in [-0.2, -0.15) is 0 Å². The largest absolute Gasteiger partial charge is 0.504 e. The Balaban J connectivity index is 2.96. The van der Waals surface area contributed by atoms with Gasteiger partial charge >= 0.3 is 0 Å². The maximum absolute atomic E-state index is 9.46. The Labute approximate surface area is 82.9 Å². The minimum absolute atomic E-state index is 0.0288. The highest BCUT2D eigenvalue weighted by atomic mass is 16.5. The van der Waals surface area contributed by atoms with Crippen molar-refractivity contribution >= 4 is 0 Å². The number of aliphatic hydroxyl groups is 1. The maximum atomic E-state index is 9.46. The number of phenols is 1. The van der Waals surface area contributed by atoms with E-state index in [1.165, 1.54) is 13.2 Å². The molecule has 1 rings (SSSR count). The van der Waals surface area contributed by atoms with Crippen LogP contribution < -0.4 is 10.5 Å². The van der Waals surface area contributed by atoms with Crippen LogP contribution in [-0.4, -0.2) is 23.4 Å². The molecule has 0 aliphatic carbocycles. The number of phenolic OH excluding ortho intramolecular Hbond substituents is 1. The predicted molar refractivity (Wildman–Crippen MR) is 53.3 cm³/mol. The van der Waals surface area contributed by atoms with E-state index in [4.69, 9.17) is 10.5 Å². The van der Waals surface area contributed by atoms with Crippen LogP contribution in [0.25, 0.3) is 0 Å². The van der Waals surface area contributed by atoms with Crippen LogP contribution in [0.4, 0.5) is 0 Å². The minimum Gasteiger partial charge on any atom is -0.504 e. The van der Waals surface area contributed by atoms with Crippen molar-refractivity contribution in [3.8, 4) is 11.5 Å². The summed E-state index contributed by atoms with van der Waals surface area (Å²) in [5, 5.41) is 18.7. The van der Waals surface area contributed by atoms with E-state index in [0.29, 0.717) is 11.3 Å². The number of hydrogen-bond donors (Lipinski definition) is 3. The fourth-order valence-corrected chi connectivity index (χ4v) is 1.19. The van der Waals surface area contributed by atoms with Crippen molar-refractivity contribution in [1.29, 1.82) is 0 Å². The SMILES string of the molecule is COc1ccc(C(N)C(C)O)cc1O. The second-order valence-electron chi connectivity index (χ2n) is 3.20. The molecule has 14 heavy (non-hydrogen) atoms. The van der Waals surface area contributed by atoms with Crippen LogP contribution in [0.2, 0.25) is 0 Å². The summed E-state index contributed by atoms with van der Waals surface area (Å²) >= 11 is 0. The number of hydrogen-bond acceptors (Lipinski definition) is 4. The second-order valence-corrected chi connectivity index (χ2v) is 3.20. The first kappa shape index (κ1) is 10.8. The fraction of sp³-hybridized carbons (Fsp3) is 0.400. The third-order valence-electron chi connectivity index (χ3n) is 2.11. The molecule has 1 aromatic rings. The average Bonchev–Trinajstić information content (AvgIpc) is 2.16. The van der Waals surface area contributed by atoms with Gasteiger partial charge in [0.2, 0.25) is 0 Å². The van der Waals surface area contributed by atoms with E-state index < -0.39 is 12.1 Å². The third kappa shape index (κ3) is 2.16. The van der Waals surface area contributed by atoms with Crippen molar-refractivity contribution in [1.82, 2.24) is 0 Å². The molecule has 4 heteroatoms. The molecule has 0 aliphatic rings. The molecule has 0 bridgehead atoms. The van der Waals surface area contributed by atoms with E-state index >= 15 is 0 Å². The van der Waals surface area contributed by atoms with Gasteiger partial charge < -0.3 is 20.7 Å². The van der Waals surface area contributed by atoms with E-state index in [1.54, 1.807) is 19.1 Å². The molecule has 4 nitrogen and oxygen atoms in total. The highest BCUT2D eigenvalue weighted by Gasteiger charge is 2.13. The fourth-order valence-electron chi connectivity index (χ4n) is 1.19. The number of benzene rings is 1. The van der Waals surface area contributed by atoms with Gasteiger partial charge in [-0.1, -0.05) is 6.07 Å². The quantitative estimate of drug-likeness (QED) is 0.669. The lowest BCUT2D eigenvalue weighted by atomic mass is 10.0. The van der Waals surface area contributed by atoms with Gasteiger partial charge in [-0.3, -0.25) is 0 Å². The molecule has 0 aliphatic heterocycles. The van der Waals surface area contributed by atoms with Crippen molar-refractivity contribution in [3.63, 3.8) is 0 Å². The zero-order chi connectivity index (χ0) is 10.7. The van der Waals surface area contributed by atoms with Crippen LogP contribution in [0, 0.1) is 0 Å². The number of rotatable bonds is 3. The first-order valence-electron chi connectivity index (χ1n) is 4.36. The Morgan fingerprint density at radius 3 is 2.50 bits per heavy atom. The van der Waals surface area contributed by atoms with E-state index in [2.05, 4.69) is 0 Å². The van der Waals surface area contributed by atoms with Crippen molar-refractivity contribution in [2.45, 2.75) is 19.1 Å². The topological polar surface area (TPSA) is 75.7 Å². The summed E-state index contributed by atoms with van der Waals surface area (Å²) in [6.45, 7) is 1.60. The molecule has 78 valence electrons. The first-order chi connectivity index (χ1) is 6.56. The van der Waals surface area contributed by atoms with Crippen LogP contribution in [0.5, 0.6) is 11.5 Å². The van der Waals surface area contributed by atoms with Crippen molar-refractivity contribution < 1.29 is 14.9 Å². The van der Waals surface area contributed by atoms with Crippen LogP contribution in [-0.2, 0) is 0 Å². The smallest absolute Gasteiger partial charge is 0.160 e. The van der Waals surface area contributed by atoms with Crippen molar-refractivity contribution in [2.24, 2.45) is 5.73 Å². The zero-order valence-electron chi connectivity index (χ0n) is 8.27. The number of methoxy groups -OCH3 is 1. The van der Waals surface area contributed by atoms with Gasteiger partial charge in [-0.25, -0.2) is 0 Å². The lowest BCUT2D eigenvalue weighted by Gasteiger charge is -2.15. The number of aliphatic hydroxyl groups excluding tert-OH is 1. The molecule has 0 fully saturated rings. The molecule has 2 unspecified atom stereocenters. The Morgan fingerprint density at radius 2 is 2.07 bits per heavy atom. The maximum Gasteiger partial charge on any atom is 0.160 e. The number of nitrogens with two attached hydrogens (primary N) is 1. The molecule has 0 heterocycles. The van der Waals surface area contributed by atoms with Gasteiger partial charge in [0.05, 0.1) is 19.3 Å². The second kappa shape index (κ2) is 4.30. The Morgan fingerprint density at radius 1 is 1.43 bits per heavy atom. The van der Waals surface area contributed by atoms with E-state index in [1.807, 2.05) is 0 Å². The summed E-state index contributed by atoms with van der Waals surface area (Å²) in [4.78, 5) is 0. The van der Waals surface area contributed by atoms with Crippen molar-refractivity contribution in [3.05, 3.63) is 23.8 Å². The molecule has 0 radical (unpaired) electrons. The van der Waals surface area contributed by atoms with Gasteiger partial charge in [0.15, 0.2) is 11.5 Å². The van der Waals surface area contributed by atoms with E-state index in [-0.39, 0.29) is 5.75 Å². The summed E-state index contributed by atoms with van der Waals surface area (Å²) in [6, 6.07) is 4.34. The molecule has 4 N–H and O–H groups in total. The Bertz CT molecular complexity index is 312. The average molecular weight is 197 g/mol. The van der Waals surface area contributed by atoms with Crippen molar-refractivity contribution in [2.75, 3.05) is 7.11 Å². The van der Waals surface area contributed by atoms with Crippen LogP contribution >= 0.6 is 0 Å². The highest BCUT2D eigenvalue weighted by Crippen LogP contribution is 2.28. The van der Waals surface area contributed by atoms with Crippen LogP contribution in [0.3, 0.4) is 0 Å². The summed E-state index contributed by atoms with van der Waals surface area (Å²) < 4.78 is 4.89. The summed E-state index contributed by atoms with van der Waals surface area (Å²) in [7, 11) is 1.48. The molecular weight excluding hydrogens is 182 g/mol. The lowest BCUT2D eigenvalue weighted by Crippen LogP contribution is -2.22. The molecule has 0 saturated carbocycles. The molecule has 0 spiro atoms. The summed E-state index contributed by atoms with van der Waals surface area (Å²) in [5.74, 6) is 0.424. The molecule has 0 amide bonds. The van der Waals surface area contributed by atoms with Crippen LogP contribution in [0.15, 0.2) is 18.2 Å². The normalized spacial score (nSPS) is 14.9. The highest BCUT2D eigenvalue weighted by molar-refractivity contribution is 5.42. The monoisotopic (exact) mass is 197 g/mol. The molecule has 0 saturated heterocycles. The van der Waals surface area contributed by atoms with Gasteiger partial charge in [-0.15, -0.1) is 0 Å². The Hall–Kier alpha value is -1.26. The minimum atomic E-state index is -0.650. The third-order valence-corrected chi connectivity index (χ3v) is 2.11. The number of aromatic hydroxyl groups is 1. The van der Waals surface area contributed by atoms with Crippen LogP contribution in [0.1, 0.15) is 18.5 Å². The van der Waals surface area contributed by atoms with Gasteiger partial charge in [-0.05, 0) is 24.6 Å². The van der Waals surface area contributed by atoms with Gasteiger partial charge in [0.25, 0.3) is 0 Å². The van der Waals surface area contributed by atoms with Gasteiger partial charge in [0.1, 0.15) is 0 Å². The predicted octanol–water partition coefficient (Wildman–Crippen LogP) is 0.781. The number of ether oxygens (including phenoxy) is 1. The summed E-state index contributed by atoms with van der Waals surface area (Å²) in [6.07, 6.45) is -0.650. The molecular formula is C10H15NO3. The standard InChI is InChI=1S/C10H15NO3/c1-6(12)10(11)7-3-4-9(14-2)8(13)5-7/h3-6,10,12-13H,11H2,1-2H3. The van der Waals surface area contributed by atoms with Gasteiger partial charge in [0, 0.05) is 0 Å². The zero-order valence-corrected chi connectivity index (χ0v) is 8.27. The summed E-state index contributed by atoms with van der Waals surface area (Å²) in [5.41, 5.74) is 6.38. The van der Waals surface area contributed by atoms with E-state index in [0.717, 1.165) is 0 Å². The molecule has 1 aromatic carbocycles. The molecule has 0 aromatic heterocycles.